The van der Waals surface area contributed by atoms with Crippen LogP contribution in [0, 0.1) is 32.1 Å². The molecular weight excluding hydrogens is 320 g/mol. The van der Waals surface area contributed by atoms with Crippen molar-refractivity contribution in [2.24, 2.45) is 0 Å². The number of benzene rings is 1. The van der Waals surface area contributed by atoms with Crippen LogP contribution in [0.15, 0.2) is 29.3 Å². The van der Waals surface area contributed by atoms with E-state index in [2.05, 4.69) is 40.4 Å². The van der Waals surface area contributed by atoms with Gasteiger partial charge in [0.25, 0.3) is 0 Å². The SMILES string of the molecule is Cc1nc(C)c(C#N)c(SCC(=O)NCCc2ccccc2C)n1. The number of hydrogen-bond donors (Lipinski definition) is 1. The van der Waals surface area contributed by atoms with Crippen molar-refractivity contribution in [1.82, 2.24) is 15.3 Å². The number of aryl methyl sites for hydroxylation is 3. The Hall–Kier alpha value is -2.39. The molecule has 0 fully saturated rings. The number of thioether (sulfide) groups is 1. The van der Waals surface area contributed by atoms with Gasteiger partial charge in [-0.15, -0.1) is 0 Å². The number of aromatic nitrogens is 2. The van der Waals surface area contributed by atoms with E-state index in [9.17, 15) is 10.1 Å². The first-order chi connectivity index (χ1) is 11.5. The van der Waals surface area contributed by atoms with Gasteiger partial charge in [0.15, 0.2) is 0 Å². The van der Waals surface area contributed by atoms with E-state index in [0.29, 0.717) is 28.7 Å². The lowest BCUT2D eigenvalue weighted by Gasteiger charge is -2.08. The predicted molar refractivity (Wildman–Crippen MR) is 94.8 cm³/mol. The molecule has 0 unspecified atom stereocenters. The van der Waals surface area contributed by atoms with Crippen LogP contribution < -0.4 is 5.32 Å². The van der Waals surface area contributed by atoms with Gasteiger partial charge in [0.05, 0.1) is 11.4 Å². The smallest absolute Gasteiger partial charge is 0.230 e. The summed E-state index contributed by atoms with van der Waals surface area (Å²) in [6.45, 7) is 6.22. The lowest BCUT2D eigenvalue weighted by molar-refractivity contribution is -0.118. The largest absolute Gasteiger partial charge is 0.355 e. The number of rotatable bonds is 6. The zero-order chi connectivity index (χ0) is 17.5. The molecule has 0 bridgehead atoms. The van der Waals surface area contributed by atoms with Crippen molar-refractivity contribution in [3.05, 3.63) is 52.5 Å². The molecule has 1 amide bonds. The Bertz CT molecular complexity index is 783. The highest BCUT2D eigenvalue weighted by Gasteiger charge is 2.12. The summed E-state index contributed by atoms with van der Waals surface area (Å²) in [6.07, 6.45) is 0.804. The van der Waals surface area contributed by atoms with Crippen LogP contribution in [-0.4, -0.2) is 28.2 Å². The number of hydrogen-bond acceptors (Lipinski definition) is 5. The minimum atomic E-state index is -0.0635. The maximum atomic E-state index is 12.0. The van der Waals surface area contributed by atoms with Crippen molar-refractivity contribution in [2.75, 3.05) is 12.3 Å². The van der Waals surface area contributed by atoms with Crippen molar-refractivity contribution in [3.63, 3.8) is 0 Å². The average molecular weight is 340 g/mol. The zero-order valence-electron chi connectivity index (χ0n) is 14.1. The molecule has 2 aromatic rings. The highest BCUT2D eigenvalue weighted by molar-refractivity contribution is 8.00. The lowest BCUT2D eigenvalue weighted by Crippen LogP contribution is -2.27. The number of carbonyl (C=O) groups excluding carboxylic acids is 1. The summed E-state index contributed by atoms with van der Waals surface area (Å²) >= 11 is 1.27. The summed E-state index contributed by atoms with van der Waals surface area (Å²) in [5.41, 5.74) is 3.55. The second-order valence-electron chi connectivity index (χ2n) is 5.46. The van der Waals surface area contributed by atoms with Crippen molar-refractivity contribution in [3.8, 4) is 6.07 Å². The predicted octanol–water partition coefficient (Wildman–Crippen LogP) is 2.72. The van der Waals surface area contributed by atoms with Gasteiger partial charge in [0, 0.05) is 6.54 Å². The highest BCUT2D eigenvalue weighted by Crippen LogP contribution is 2.21. The van der Waals surface area contributed by atoms with Gasteiger partial charge in [-0.1, -0.05) is 36.0 Å². The summed E-state index contributed by atoms with van der Waals surface area (Å²) in [7, 11) is 0. The van der Waals surface area contributed by atoms with E-state index in [-0.39, 0.29) is 11.7 Å². The van der Waals surface area contributed by atoms with Gasteiger partial charge in [-0.3, -0.25) is 4.79 Å². The molecule has 0 atom stereocenters. The first-order valence-corrected chi connectivity index (χ1v) is 8.69. The molecule has 0 aliphatic carbocycles. The second kappa shape index (κ2) is 8.46. The molecule has 0 aliphatic rings. The van der Waals surface area contributed by atoms with E-state index < -0.39 is 0 Å². The normalized spacial score (nSPS) is 10.2. The molecule has 1 aromatic carbocycles. The minimum Gasteiger partial charge on any atom is -0.355 e. The second-order valence-corrected chi connectivity index (χ2v) is 6.43. The van der Waals surface area contributed by atoms with E-state index in [0.717, 1.165) is 6.42 Å². The van der Waals surface area contributed by atoms with Crippen LogP contribution in [0.25, 0.3) is 0 Å². The van der Waals surface area contributed by atoms with Gasteiger partial charge < -0.3 is 5.32 Å². The summed E-state index contributed by atoms with van der Waals surface area (Å²) < 4.78 is 0. The Labute approximate surface area is 146 Å². The standard InChI is InChI=1S/C18H20N4OS/c1-12-6-4-5-7-15(12)8-9-20-17(23)11-24-18-16(10-19)13(2)21-14(3)22-18/h4-7H,8-9,11H2,1-3H3,(H,20,23). The molecule has 124 valence electrons. The third-order valence-corrected chi connectivity index (χ3v) is 4.57. The quantitative estimate of drug-likeness (QED) is 0.646. The topological polar surface area (TPSA) is 78.7 Å². The fraction of sp³-hybridized carbons (Fsp3) is 0.333. The van der Waals surface area contributed by atoms with E-state index in [1.165, 1.54) is 22.9 Å². The average Bonchev–Trinajstić information content (AvgIpc) is 2.54. The Kier molecular flexibility index (Phi) is 6.33. The highest BCUT2D eigenvalue weighted by atomic mass is 32.2. The number of carbonyl (C=O) groups is 1. The lowest BCUT2D eigenvalue weighted by atomic mass is 10.1. The van der Waals surface area contributed by atoms with Crippen LogP contribution in [0.5, 0.6) is 0 Å². The molecule has 0 saturated heterocycles. The Morgan fingerprint density at radius 2 is 2.00 bits per heavy atom. The van der Waals surface area contributed by atoms with Crippen LogP contribution >= 0.6 is 11.8 Å². The summed E-state index contributed by atoms with van der Waals surface area (Å²) in [5, 5.41) is 12.7. The maximum Gasteiger partial charge on any atom is 0.230 e. The third kappa shape index (κ3) is 4.80. The van der Waals surface area contributed by atoms with Crippen LogP contribution in [0.3, 0.4) is 0 Å². The van der Waals surface area contributed by atoms with E-state index in [4.69, 9.17) is 0 Å². The first kappa shape index (κ1) is 18.0. The molecule has 0 saturated carbocycles. The van der Waals surface area contributed by atoms with E-state index >= 15 is 0 Å². The molecule has 1 N–H and O–H groups in total. The van der Waals surface area contributed by atoms with E-state index in [1.807, 2.05) is 12.1 Å². The van der Waals surface area contributed by atoms with Crippen LogP contribution in [0.1, 0.15) is 28.2 Å². The van der Waals surface area contributed by atoms with Crippen molar-refractivity contribution in [1.29, 1.82) is 5.26 Å². The van der Waals surface area contributed by atoms with Crippen LogP contribution in [0.4, 0.5) is 0 Å². The molecular formula is C18H20N4OS. The first-order valence-electron chi connectivity index (χ1n) is 7.70. The monoisotopic (exact) mass is 340 g/mol. The third-order valence-electron chi connectivity index (χ3n) is 3.60. The fourth-order valence-corrected chi connectivity index (χ4v) is 3.23. The Balaban J connectivity index is 1.86. The molecule has 1 heterocycles. The van der Waals surface area contributed by atoms with Crippen LogP contribution in [0.2, 0.25) is 0 Å². The van der Waals surface area contributed by atoms with Gasteiger partial charge in [0.1, 0.15) is 22.5 Å². The maximum absolute atomic E-state index is 12.0. The van der Waals surface area contributed by atoms with Crippen LogP contribution in [-0.2, 0) is 11.2 Å². The molecule has 2 rings (SSSR count). The minimum absolute atomic E-state index is 0.0635. The van der Waals surface area contributed by atoms with Gasteiger partial charge in [-0.25, -0.2) is 9.97 Å². The Morgan fingerprint density at radius 3 is 2.71 bits per heavy atom. The van der Waals surface area contributed by atoms with Gasteiger partial charge >= 0.3 is 0 Å². The molecule has 5 nitrogen and oxygen atoms in total. The number of nitrogens with zero attached hydrogens (tertiary/aromatic N) is 3. The fourth-order valence-electron chi connectivity index (χ4n) is 2.33. The van der Waals surface area contributed by atoms with Crippen molar-refractivity contribution in [2.45, 2.75) is 32.2 Å². The molecule has 0 spiro atoms. The van der Waals surface area contributed by atoms with Gasteiger partial charge in [-0.2, -0.15) is 5.26 Å². The molecule has 0 radical (unpaired) electrons. The molecule has 6 heteroatoms. The van der Waals surface area contributed by atoms with E-state index in [1.54, 1.807) is 13.8 Å². The number of nitrogens with one attached hydrogen (secondary N) is 1. The summed E-state index contributed by atoms with van der Waals surface area (Å²) in [6, 6.07) is 10.3. The van der Waals surface area contributed by atoms with Gasteiger partial charge in [0.2, 0.25) is 5.91 Å². The zero-order valence-corrected chi connectivity index (χ0v) is 14.9. The van der Waals surface area contributed by atoms with Gasteiger partial charge in [-0.05, 0) is 38.3 Å². The molecule has 24 heavy (non-hydrogen) atoms. The summed E-state index contributed by atoms with van der Waals surface area (Å²) in [4.78, 5) is 20.4. The Morgan fingerprint density at radius 1 is 1.25 bits per heavy atom. The van der Waals surface area contributed by atoms with Crippen molar-refractivity contribution < 1.29 is 4.79 Å². The molecule has 0 aliphatic heterocycles. The number of nitriles is 1. The van der Waals surface area contributed by atoms with Crippen molar-refractivity contribution >= 4 is 17.7 Å². The number of amides is 1. The summed E-state index contributed by atoms with van der Waals surface area (Å²) in [5.74, 6) is 0.776. The molecule has 1 aromatic heterocycles.